The van der Waals surface area contributed by atoms with Gasteiger partial charge in [0, 0.05) is 24.3 Å². The van der Waals surface area contributed by atoms with Crippen molar-refractivity contribution in [2.75, 3.05) is 25.5 Å². The zero-order valence-electron chi connectivity index (χ0n) is 10.5. The molecule has 1 aliphatic rings. The molecule has 1 aliphatic heterocycles. The van der Waals surface area contributed by atoms with Crippen molar-refractivity contribution < 1.29 is 4.74 Å². The van der Waals surface area contributed by atoms with Gasteiger partial charge in [0.25, 0.3) is 0 Å². The van der Waals surface area contributed by atoms with Crippen LogP contribution in [0.3, 0.4) is 0 Å². The number of anilines is 1. The van der Waals surface area contributed by atoms with Gasteiger partial charge in [-0.1, -0.05) is 0 Å². The summed E-state index contributed by atoms with van der Waals surface area (Å²) in [6.07, 6.45) is 3.68. The Morgan fingerprint density at radius 3 is 3.12 bits per heavy atom. The van der Waals surface area contributed by atoms with Gasteiger partial charge in [-0.25, -0.2) is 4.98 Å². The molecule has 1 atom stereocenters. The van der Waals surface area contributed by atoms with Crippen molar-refractivity contribution >= 4 is 5.95 Å². The summed E-state index contributed by atoms with van der Waals surface area (Å²) in [4.78, 5) is 8.57. The molecule has 94 valence electrons. The Balaban J connectivity index is 1.83. The molecule has 1 fully saturated rings. The Morgan fingerprint density at radius 2 is 2.41 bits per heavy atom. The molecule has 0 amide bonds. The summed E-state index contributed by atoms with van der Waals surface area (Å²) in [5.74, 6) is 1.26. The van der Waals surface area contributed by atoms with E-state index >= 15 is 0 Å². The van der Waals surface area contributed by atoms with Crippen molar-refractivity contribution in [3.8, 4) is 5.88 Å². The lowest BCUT2D eigenvalue weighted by Crippen LogP contribution is -2.24. The van der Waals surface area contributed by atoms with Crippen molar-refractivity contribution in [1.29, 1.82) is 0 Å². The van der Waals surface area contributed by atoms with Gasteiger partial charge in [0.1, 0.15) is 0 Å². The lowest BCUT2D eigenvalue weighted by Gasteiger charge is -2.11. The van der Waals surface area contributed by atoms with Gasteiger partial charge in [-0.2, -0.15) is 4.98 Å². The van der Waals surface area contributed by atoms with E-state index in [4.69, 9.17) is 4.74 Å². The molecule has 0 saturated carbocycles. The molecule has 2 N–H and O–H groups in total. The number of hydrogen-bond donors (Lipinski definition) is 2. The highest BCUT2D eigenvalue weighted by atomic mass is 16.5. The van der Waals surface area contributed by atoms with E-state index in [-0.39, 0.29) is 0 Å². The molecule has 0 aliphatic carbocycles. The Morgan fingerprint density at radius 1 is 1.53 bits per heavy atom. The van der Waals surface area contributed by atoms with Crippen molar-refractivity contribution in [1.82, 2.24) is 15.3 Å². The van der Waals surface area contributed by atoms with E-state index < -0.39 is 0 Å². The van der Waals surface area contributed by atoms with Gasteiger partial charge in [0.15, 0.2) is 0 Å². The number of rotatable bonds is 5. The number of ether oxygens (including phenoxy) is 1. The van der Waals surface area contributed by atoms with Crippen LogP contribution in [0.15, 0.2) is 6.07 Å². The van der Waals surface area contributed by atoms with E-state index in [1.165, 1.54) is 12.8 Å². The number of nitrogens with one attached hydrogen (secondary N) is 2. The average molecular weight is 236 g/mol. The maximum Gasteiger partial charge on any atom is 0.226 e. The van der Waals surface area contributed by atoms with Gasteiger partial charge in [-0.15, -0.1) is 0 Å². The van der Waals surface area contributed by atoms with Gasteiger partial charge in [0.2, 0.25) is 11.8 Å². The summed E-state index contributed by atoms with van der Waals surface area (Å²) in [5, 5.41) is 6.72. The molecule has 2 rings (SSSR count). The van der Waals surface area contributed by atoms with Crippen LogP contribution in [0.1, 0.15) is 25.0 Å². The fourth-order valence-electron chi connectivity index (χ4n) is 2.08. The Labute approximate surface area is 102 Å². The van der Waals surface area contributed by atoms with E-state index in [1.54, 1.807) is 7.11 Å². The fraction of sp³-hybridized carbons (Fsp3) is 0.667. The molecule has 5 nitrogen and oxygen atoms in total. The highest BCUT2D eigenvalue weighted by Crippen LogP contribution is 2.12. The van der Waals surface area contributed by atoms with Crippen LogP contribution in [0, 0.1) is 6.92 Å². The van der Waals surface area contributed by atoms with E-state index in [0.717, 1.165) is 25.2 Å². The van der Waals surface area contributed by atoms with E-state index in [1.807, 2.05) is 13.0 Å². The van der Waals surface area contributed by atoms with Crippen molar-refractivity contribution in [2.24, 2.45) is 0 Å². The Hall–Kier alpha value is -1.36. The molecule has 1 aromatic heterocycles. The molecular formula is C12H20N4O. The molecular weight excluding hydrogens is 216 g/mol. The first-order valence-electron chi connectivity index (χ1n) is 6.15. The van der Waals surface area contributed by atoms with Crippen LogP contribution in [0.5, 0.6) is 5.88 Å². The molecule has 5 heteroatoms. The molecule has 1 unspecified atom stereocenters. The second-order valence-electron chi connectivity index (χ2n) is 4.38. The third-order valence-electron chi connectivity index (χ3n) is 2.98. The molecule has 1 aromatic rings. The normalized spacial score (nSPS) is 19.3. The summed E-state index contributed by atoms with van der Waals surface area (Å²) in [7, 11) is 1.62. The third-order valence-corrected chi connectivity index (χ3v) is 2.98. The van der Waals surface area contributed by atoms with E-state index in [2.05, 4.69) is 20.6 Å². The predicted molar refractivity (Wildman–Crippen MR) is 67.5 cm³/mol. The summed E-state index contributed by atoms with van der Waals surface area (Å²) in [6.45, 7) is 3.98. The lowest BCUT2D eigenvalue weighted by atomic mass is 10.1. The minimum absolute atomic E-state index is 0.610. The van der Waals surface area contributed by atoms with Crippen molar-refractivity contribution in [3.05, 3.63) is 11.8 Å². The second kappa shape index (κ2) is 5.82. The minimum atomic E-state index is 0.610. The van der Waals surface area contributed by atoms with Crippen LogP contribution in [0.2, 0.25) is 0 Å². The van der Waals surface area contributed by atoms with E-state index in [9.17, 15) is 0 Å². The Bertz CT molecular complexity index is 364. The number of methoxy groups -OCH3 is 1. The number of nitrogens with zero attached hydrogens (tertiary/aromatic N) is 2. The zero-order valence-corrected chi connectivity index (χ0v) is 10.5. The van der Waals surface area contributed by atoms with Crippen molar-refractivity contribution in [3.63, 3.8) is 0 Å². The first-order chi connectivity index (χ1) is 8.28. The van der Waals surface area contributed by atoms with Gasteiger partial charge < -0.3 is 15.4 Å². The van der Waals surface area contributed by atoms with Gasteiger partial charge >= 0.3 is 0 Å². The molecule has 17 heavy (non-hydrogen) atoms. The minimum Gasteiger partial charge on any atom is -0.481 e. The van der Waals surface area contributed by atoms with Crippen LogP contribution in [-0.4, -0.2) is 36.2 Å². The number of aromatic nitrogens is 2. The number of aryl methyl sites for hydroxylation is 1. The summed E-state index contributed by atoms with van der Waals surface area (Å²) < 4.78 is 5.11. The predicted octanol–water partition coefficient (Wildman–Crippen LogP) is 1.35. The lowest BCUT2D eigenvalue weighted by molar-refractivity contribution is 0.397. The Kier molecular flexibility index (Phi) is 4.14. The molecule has 0 spiro atoms. The maximum absolute atomic E-state index is 5.11. The first-order valence-corrected chi connectivity index (χ1v) is 6.15. The SMILES string of the molecule is COc1cc(C)nc(NCCC2CCCN2)n1. The quantitative estimate of drug-likeness (QED) is 0.808. The van der Waals surface area contributed by atoms with Gasteiger partial charge in [-0.05, 0) is 32.7 Å². The summed E-state index contributed by atoms with van der Waals surface area (Å²) >= 11 is 0. The third kappa shape index (κ3) is 3.56. The molecule has 2 heterocycles. The topological polar surface area (TPSA) is 59.1 Å². The highest BCUT2D eigenvalue weighted by Gasteiger charge is 2.13. The summed E-state index contributed by atoms with van der Waals surface area (Å²) in [5.41, 5.74) is 0.915. The highest BCUT2D eigenvalue weighted by molar-refractivity contribution is 5.30. The van der Waals surface area contributed by atoms with Crippen LogP contribution >= 0.6 is 0 Å². The molecule has 1 saturated heterocycles. The average Bonchev–Trinajstić information content (AvgIpc) is 2.81. The monoisotopic (exact) mass is 236 g/mol. The van der Waals surface area contributed by atoms with Crippen LogP contribution in [-0.2, 0) is 0 Å². The summed E-state index contributed by atoms with van der Waals surface area (Å²) in [6, 6.07) is 2.47. The maximum atomic E-state index is 5.11. The van der Waals surface area contributed by atoms with Crippen LogP contribution in [0.25, 0.3) is 0 Å². The smallest absolute Gasteiger partial charge is 0.226 e. The van der Waals surface area contributed by atoms with Gasteiger partial charge in [-0.3, -0.25) is 0 Å². The largest absolute Gasteiger partial charge is 0.481 e. The molecule has 0 radical (unpaired) electrons. The second-order valence-corrected chi connectivity index (χ2v) is 4.38. The van der Waals surface area contributed by atoms with E-state index in [0.29, 0.717) is 17.9 Å². The fourth-order valence-corrected chi connectivity index (χ4v) is 2.08. The van der Waals surface area contributed by atoms with Crippen molar-refractivity contribution in [2.45, 2.75) is 32.2 Å². The molecule has 0 aromatic carbocycles. The standard InChI is InChI=1S/C12H20N4O/c1-9-8-11(17-2)16-12(15-9)14-7-5-10-4-3-6-13-10/h8,10,13H,3-7H2,1-2H3,(H,14,15,16). The van der Waals surface area contributed by atoms with Crippen LogP contribution < -0.4 is 15.4 Å². The number of hydrogen-bond acceptors (Lipinski definition) is 5. The van der Waals surface area contributed by atoms with Gasteiger partial charge in [0.05, 0.1) is 7.11 Å². The zero-order chi connectivity index (χ0) is 12.1. The molecule has 0 bridgehead atoms. The van der Waals surface area contributed by atoms with Crippen LogP contribution in [0.4, 0.5) is 5.95 Å². The first kappa shape index (κ1) is 12.1.